The van der Waals surface area contributed by atoms with Gasteiger partial charge in [0.25, 0.3) is 0 Å². The van der Waals surface area contributed by atoms with Gasteiger partial charge in [-0.1, -0.05) is 43.2 Å². The summed E-state index contributed by atoms with van der Waals surface area (Å²) in [7, 11) is 1.32. The summed E-state index contributed by atoms with van der Waals surface area (Å²) in [6, 6.07) is 5.77. The standard InChI is InChI=1S/C23H26FN3O3S/c1-14-20(22(29)30-2)21(15-7-6-8-16(24)11-15)27-18(13-31-23(27)25-14)12-19(28)26-17-9-4-3-5-10-17/h6-8,11,13,17,21H,3-5,9-10,12H2,1-2H3,(H,26,28). The second kappa shape index (κ2) is 9.26. The molecule has 164 valence electrons. The number of nitrogens with zero attached hydrogens (tertiary/aromatic N) is 2. The number of thioether (sulfide) groups is 1. The molecule has 1 atom stereocenters. The number of hydrogen-bond acceptors (Lipinski definition) is 6. The molecule has 31 heavy (non-hydrogen) atoms. The molecule has 0 spiro atoms. The van der Waals surface area contributed by atoms with Crippen molar-refractivity contribution in [3.05, 3.63) is 58.0 Å². The average Bonchev–Trinajstić information content (AvgIpc) is 3.14. The first-order chi connectivity index (χ1) is 15.0. The van der Waals surface area contributed by atoms with E-state index in [1.807, 2.05) is 10.3 Å². The number of benzene rings is 1. The molecule has 1 unspecified atom stereocenters. The van der Waals surface area contributed by atoms with Gasteiger partial charge in [-0.25, -0.2) is 14.2 Å². The molecule has 0 aromatic heterocycles. The van der Waals surface area contributed by atoms with Crippen molar-refractivity contribution < 1.29 is 18.7 Å². The van der Waals surface area contributed by atoms with Gasteiger partial charge in [-0.2, -0.15) is 0 Å². The molecule has 0 saturated heterocycles. The van der Waals surface area contributed by atoms with Crippen molar-refractivity contribution >= 4 is 28.8 Å². The number of halogens is 1. The number of fused-ring (bicyclic) bond motifs is 1. The Balaban J connectivity index is 1.63. The van der Waals surface area contributed by atoms with E-state index in [1.54, 1.807) is 19.1 Å². The molecule has 0 bridgehead atoms. The van der Waals surface area contributed by atoms with Crippen LogP contribution in [-0.2, 0) is 14.3 Å². The molecule has 6 nitrogen and oxygen atoms in total. The molecule has 3 aliphatic rings. The molecule has 1 aromatic carbocycles. The highest BCUT2D eigenvalue weighted by Crippen LogP contribution is 2.44. The van der Waals surface area contributed by atoms with E-state index in [-0.39, 0.29) is 18.4 Å². The second-order valence-corrected chi connectivity index (χ2v) is 8.86. The summed E-state index contributed by atoms with van der Waals surface area (Å²) in [4.78, 5) is 31.9. The highest BCUT2D eigenvalue weighted by molar-refractivity contribution is 8.16. The van der Waals surface area contributed by atoms with Crippen LogP contribution in [0.1, 0.15) is 57.1 Å². The van der Waals surface area contributed by atoms with E-state index in [2.05, 4.69) is 10.3 Å². The number of allylic oxidation sites excluding steroid dienone is 1. The van der Waals surface area contributed by atoms with Gasteiger partial charge in [0.15, 0.2) is 5.17 Å². The number of hydrogen-bond donors (Lipinski definition) is 1. The van der Waals surface area contributed by atoms with Crippen LogP contribution in [0.2, 0.25) is 0 Å². The first-order valence-electron chi connectivity index (χ1n) is 10.6. The summed E-state index contributed by atoms with van der Waals surface area (Å²) >= 11 is 1.40. The number of methoxy groups -OCH3 is 1. The van der Waals surface area contributed by atoms with E-state index in [9.17, 15) is 14.0 Å². The first kappa shape index (κ1) is 21.6. The lowest BCUT2D eigenvalue weighted by molar-refractivity contribution is -0.136. The molecule has 2 aliphatic heterocycles. The fraction of sp³-hybridized carbons (Fsp3) is 0.435. The summed E-state index contributed by atoms with van der Waals surface area (Å²) < 4.78 is 19.1. The van der Waals surface area contributed by atoms with Crippen molar-refractivity contribution in [3.63, 3.8) is 0 Å². The number of amides is 1. The van der Waals surface area contributed by atoms with Gasteiger partial charge in [-0.3, -0.25) is 4.79 Å². The quantitative estimate of drug-likeness (QED) is 0.683. The summed E-state index contributed by atoms with van der Waals surface area (Å²) in [6.07, 6.45) is 5.69. The van der Waals surface area contributed by atoms with Gasteiger partial charge in [-0.05, 0) is 42.9 Å². The Bertz CT molecular complexity index is 982. The topological polar surface area (TPSA) is 71.0 Å². The predicted molar refractivity (Wildman–Crippen MR) is 118 cm³/mol. The maximum atomic E-state index is 14.1. The molecule has 1 fully saturated rings. The Morgan fingerprint density at radius 1 is 1.29 bits per heavy atom. The van der Waals surface area contributed by atoms with Gasteiger partial charge in [0.1, 0.15) is 5.82 Å². The molecule has 4 rings (SSSR count). The molecule has 1 saturated carbocycles. The number of carbonyl (C=O) groups excluding carboxylic acids is 2. The minimum absolute atomic E-state index is 0.0520. The fourth-order valence-corrected chi connectivity index (χ4v) is 5.39. The van der Waals surface area contributed by atoms with Crippen molar-refractivity contribution in [2.45, 2.75) is 57.5 Å². The van der Waals surface area contributed by atoms with Crippen molar-refractivity contribution in [2.24, 2.45) is 4.99 Å². The van der Waals surface area contributed by atoms with E-state index in [0.29, 0.717) is 22.0 Å². The first-order valence-corrected chi connectivity index (χ1v) is 11.4. The maximum Gasteiger partial charge on any atom is 0.338 e. The normalized spacial score (nSPS) is 21.4. The third-order valence-electron chi connectivity index (χ3n) is 5.88. The van der Waals surface area contributed by atoms with Crippen LogP contribution in [0.4, 0.5) is 4.39 Å². The van der Waals surface area contributed by atoms with E-state index < -0.39 is 17.8 Å². The molecule has 2 heterocycles. The van der Waals surface area contributed by atoms with Gasteiger partial charge in [-0.15, -0.1) is 0 Å². The van der Waals surface area contributed by atoms with Crippen LogP contribution < -0.4 is 5.32 Å². The van der Waals surface area contributed by atoms with Crippen LogP contribution in [0.3, 0.4) is 0 Å². The molecule has 1 amide bonds. The van der Waals surface area contributed by atoms with Crippen LogP contribution in [-0.4, -0.2) is 35.1 Å². The summed E-state index contributed by atoms with van der Waals surface area (Å²) in [6.45, 7) is 1.75. The van der Waals surface area contributed by atoms with E-state index in [0.717, 1.165) is 31.4 Å². The lowest BCUT2D eigenvalue weighted by Gasteiger charge is -2.36. The minimum atomic E-state index is -0.612. The molecule has 1 aliphatic carbocycles. The number of rotatable bonds is 5. The summed E-state index contributed by atoms with van der Waals surface area (Å²) in [5.41, 5.74) is 2.22. The third kappa shape index (κ3) is 4.54. The van der Waals surface area contributed by atoms with Crippen molar-refractivity contribution in [1.82, 2.24) is 10.2 Å². The highest BCUT2D eigenvalue weighted by atomic mass is 32.2. The van der Waals surface area contributed by atoms with Crippen LogP contribution in [0.15, 0.2) is 51.6 Å². The van der Waals surface area contributed by atoms with Crippen LogP contribution in [0, 0.1) is 5.82 Å². The van der Waals surface area contributed by atoms with Crippen LogP contribution in [0.5, 0.6) is 0 Å². The molecule has 1 N–H and O–H groups in total. The number of ether oxygens (including phenoxy) is 1. The Kier molecular flexibility index (Phi) is 6.46. The lowest BCUT2D eigenvalue weighted by atomic mass is 9.93. The van der Waals surface area contributed by atoms with E-state index in [4.69, 9.17) is 4.74 Å². The number of amidine groups is 1. The summed E-state index contributed by atoms with van der Waals surface area (Å²) in [5, 5.41) is 5.69. The monoisotopic (exact) mass is 443 g/mol. The van der Waals surface area contributed by atoms with Crippen molar-refractivity contribution in [3.8, 4) is 0 Å². The number of esters is 1. The molecule has 1 aromatic rings. The van der Waals surface area contributed by atoms with Gasteiger partial charge in [0, 0.05) is 11.7 Å². The number of aliphatic imine (C=N–C) groups is 1. The van der Waals surface area contributed by atoms with Crippen LogP contribution >= 0.6 is 11.8 Å². The van der Waals surface area contributed by atoms with Crippen LogP contribution in [0.25, 0.3) is 0 Å². The largest absolute Gasteiger partial charge is 0.466 e. The summed E-state index contributed by atoms with van der Waals surface area (Å²) in [5.74, 6) is -0.961. The van der Waals surface area contributed by atoms with Gasteiger partial charge >= 0.3 is 5.97 Å². The Morgan fingerprint density at radius 2 is 2.06 bits per heavy atom. The van der Waals surface area contributed by atoms with Gasteiger partial charge in [0.2, 0.25) is 5.91 Å². The number of carbonyl (C=O) groups is 2. The van der Waals surface area contributed by atoms with Gasteiger partial charge < -0.3 is 15.0 Å². The maximum absolute atomic E-state index is 14.1. The Hall–Kier alpha value is -2.61. The smallest absolute Gasteiger partial charge is 0.338 e. The Morgan fingerprint density at radius 3 is 2.77 bits per heavy atom. The van der Waals surface area contributed by atoms with Crippen molar-refractivity contribution in [1.29, 1.82) is 0 Å². The zero-order valence-electron chi connectivity index (χ0n) is 17.7. The fourth-order valence-electron chi connectivity index (χ4n) is 4.42. The zero-order chi connectivity index (χ0) is 22.0. The average molecular weight is 444 g/mol. The van der Waals surface area contributed by atoms with E-state index >= 15 is 0 Å². The molecular weight excluding hydrogens is 417 g/mol. The molecular formula is C23H26FN3O3S. The predicted octanol–water partition coefficient (Wildman–Crippen LogP) is 4.41. The minimum Gasteiger partial charge on any atom is -0.466 e. The second-order valence-electron chi connectivity index (χ2n) is 8.02. The van der Waals surface area contributed by atoms with Crippen molar-refractivity contribution in [2.75, 3.05) is 7.11 Å². The third-order valence-corrected chi connectivity index (χ3v) is 6.77. The SMILES string of the molecule is COC(=O)C1=C(C)N=C2SC=C(CC(=O)NC3CCCCC3)N2C1c1cccc(F)c1. The highest BCUT2D eigenvalue weighted by Gasteiger charge is 2.41. The van der Waals surface area contributed by atoms with Gasteiger partial charge in [0.05, 0.1) is 30.8 Å². The molecule has 8 heteroatoms. The Labute approximate surface area is 185 Å². The molecule has 0 radical (unpaired) electrons. The van der Waals surface area contributed by atoms with E-state index in [1.165, 1.54) is 37.4 Å². The lowest BCUT2D eigenvalue weighted by Crippen LogP contribution is -2.40. The number of nitrogens with one attached hydrogen (secondary N) is 1. The zero-order valence-corrected chi connectivity index (χ0v) is 18.5.